The molecule has 1 amide bonds. The van der Waals surface area contributed by atoms with Crippen molar-refractivity contribution in [3.63, 3.8) is 0 Å². The molecule has 0 aliphatic rings. The number of halogens is 1. The van der Waals surface area contributed by atoms with Crippen molar-refractivity contribution >= 4 is 40.3 Å². The molecular formula is C21H19ClN2O4S. The first-order valence-electron chi connectivity index (χ1n) is 8.74. The number of aromatic nitrogens is 1. The summed E-state index contributed by atoms with van der Waals surface area (Å²) in [6, 6.07) is 10.7. The summed E-state index contributed by atoms with van der Waals surface area (Å²) >= 11 is 7.56. The van der Waals surface area contributed by atoms with Crippen LogP contribution in [-0.4, -0.2) is 30.9 Å². The Kier molecular flexibility index (Phi) is 6.85. The molecule has 150 valence electrons. The van der Waals surface area contributed by atoms with E-state index in [2.05, 4.69) is 10.3 Å². The van der Waals surface area contributed by atoms with Crippen molar-refractivity contribution in [2.24, 2.45) is 0 Å². The van der Waals surface area contributed by atoms with Crippen LogP contribution in [0.4, 0.5) is 5.13 Å². The Morgan fingerprint density at radius 1 is 1.24 bits per heavy atom. The Balaban J connectivity index is 1.58. The molecule has 8 heteroatoms. The Morgan fingerprint density at radius 3 is 2.79 bits per heavy atom. The second-order valence-corrected chi connectivity index (χ2v) is 7.78. The molecule has 29 heavy (non-hydrogen) atoms. The third-order valence-corrected chi connectivity index (χ3v) is 5.42. The molecule has 0 atom stereocenters. The fraction of sp³-hybridized carbons (Fsp3) is 0.190. The number of aryl methyl sites for hydroxylation is 1. The quantitative estimate of drug-likeness (QED) is 0.531. The van der Waals surface area contributed by atoms with E-state index in [4.69, 9.17) is 21.1 Å². The molecule has 0 radical (unpaired) electrons. The average molecular weight is 431 g/mol. The summed E-state index contributed by atoms with van der Waals surface area (Å²) in [6.45, 7) is 1.72. The number of ether oxygens (including phenoxy) is 2. The summed E-state index contributed by atoms with van der Waals surface area (Å²) in [5.41, 5.74) is 2.54. The molecule has 6 nitrogen and oxygen atoms in total. The van der Waals surface area contributed by atoms with Crippen LogP contribution in [0.3, 0.4) is 0 Å². The molecule has 0 saturated heterocycles. The molecule has 3 rings (SSSR count). The number of methoxy groups -OCH3 is 1. The zero-order valence-electron chi connectivity index (χ0n) is 15.9. The monoisotopic (exact) mass is 430 g/mol. The highest BCUT2D eigenvalue weighted by Gasteiger charge is 2.11. The van der Waals surface area contributed by atoms with Crippen molar-refractivity contribution in [3.8, 4) is 11.5 Å². The lowest BCUT2D eigenvalue weighted by Crippen LogP contribution is -2.20. The molecule has 0 aliphatic carbocycles. The van der Waals surface area contributed by atoms with Crippen LogP contribution in [0.1, 0.15) is 26.4 Å². The van der Waals surface area contributed by atoms with Gasteiger partial charge in [-0.3, -0.25) is 14.9 Å². The Morgan fingerprint density at radius 2 is 2.07 bits per heavy atom. The van der Waals surface area contributed by atoms with Gasteiger partial charge in [0.1, 0.15) is 6.29 Å². The average Bonchev–Trinajstić information content (AvgIpc) is 3.15. The number of rotatable bonds is 8. The number of amides is 1. The number of aldehydes is 1. The van der Waals surface area contributed by atoms with Crippen LogP contribution in [0.2, 0.25) is 5.02 Å². The molecule has 0 saturated carbocycles. The van der Waals surface area contributed by atoms with E-state index in [-0.39, 0.29) is 12.5 Å². The fourth-order valence-corrected chi connectivity index (χ4v) is 3.64. The van der Waals surface area contributed by atoms with E-state index in [9.17, 15) is 9.59 Å². The van der Waals surface area contributed by atoms with E-state index < -0.39 is 0 Å². The highest BCUT2D eigenvalue weighted by molar-refractivity contribution is 7.15. The van der Waals surface area contributed by atoms with Crippen LogP contribution < -0.4 is 14.8 Å². The summed E-state index contributed by atoms with van der Waals surface area (Å²) in [6.07, 6.45) is 3.11. The van der Waals surface area contributed by atoms with Gasteiger partial charge in [-0.25, -0.2) is 4.98 Å². The minimum absolute atomic E-state index is 0.235. The SMILES string of the molecule is COc1ccc(C=O)cc1OCC(=O)Nc1ncc(Cc2ccc(C)c(Cl)c2)s1. The van der Waals surface area contributed by atoms with Gasteiger partial charge in [0.25, 0.3) is 5.91 Å². The number of benzene rings is 2. The first-order valence-corrected chi connectivity index (χ1v) is 9.93. The molecule has 1 aromatic heterocycles. The van der Waals surface area contributed by atoms with Gasteiger partial charge in [-0.1, -0.05) is 23.7 Å². The van der Waals surface area contributed by atoms with Gasteiger partial charge in [0.05, 0.1) is 7.11 Å². The number of hydrogen-bond donors (Lipinski definition) is 1. The first kappa shape index (κ1) is 20.8. The minimum atomic E-state index is -0.358. The summed E-state index contributed by atoms with van der Waals surface area (Å²) in [7, 11) is 1.49. The molecule has 0 aliphatic heterocycles. The van der Waals surface area contributed by atoms with E-state index in [1.165, 1.54) is 24.5 Å². The van der Waals surface area contributed by atoms with Gasteiger partial charge < -0.3 is 9.47 Å². The van der Waals surface area contributed by atoms with Crippen LogP contribution in [0.15, 0.2) is 42.6 Å². The lowest BCUT2D eigenvalue weighted by Gasteiger charge is -2.10. The summed E-state index contributed by atoms with van der Waals surface area (Å²) in [5, 5.41) is 3.93. The van der Waals surface area contributed by atoms with Crippen LogP contribution in [0.25, 0.3) is 0 Å². The molecule has 0 unspecified atom stereocenters. The lowest BCUT2D eigenvalue weighted by atomic mass is 10.1. The maximum Gasteiger partial charge on any atom is 0.264 e. The second-order valence-electron chi connectivity index (χ2n) is 6.26. The van der Waals surface area contributed by atoms with Gasteiger partial charge in [-0.05, 0) is 42.3 Å². The molecule has 2 aromatic carbocycles. The number of carbonyl (C=O) groups is 2. The van der Waals surface area contributed by atoms with Gasteiger partial charge in [-0.2, -0.15) is 0 Å². The van der Waals surface area contributed by atoms with E-state index >= 15 is 0 Å². The summed E-state index contributed by atoms with van der Waals surface area (Å²) < 4.78 is 10.7. The predicted molar refractivity (Wildman–Crippen MR) is 114 cm³/mol. The molecular weight excluding hydrogens is 412 g/mol. The Labute approximate surface area is 177 Å². The number of hydrogen-bond acceptors (Lipinski definition) is 6. The second kappa shape index (κ2) is 9.54. The highest BCUT2D eigenvalue weighted by Crippen LogP contribution is 2.28. The van der Waals surface area contributed by atoms with E-state index in [1.807, 2.05) is 25.1 Å². The first-order chi connectivity index (χ1) is 14.0. The van der Waals surface area contributed by atoms with Crippen molar-refractivity contribution in [2.45, 2.75) is 13.3 Å². The summed E-state index contributed by atoms with van der Waals surface area (Å²) in [4.78, 5) is 28.3. The van der Waals surface area contributed by atoms with Crippen molar-refractivity contribution in [2.75, 3.05) is 19.0 Å². The Hall–Kier alpha value is -2.90. The third kappa shape index (κ3) is 5.56. The number of nitrogens with zero attached hydrogens (tertiary/aromatic N) is 1. The van der Waals surface area contributed by atoms with Gasteiger partial charge >= 0.3 is 0 Å². The van der Waals surface area contributed by atoms with Crippen molar-refractivity contribution in [3.05, 3.63) is 69.2 Å². The normalized spacial score (nSPS) is 10.4. The van der Waals surface area contributed by atoms with E-state index in [0.29, 0.717) is 34.9 Å². The van der Waals surface area contributed by atoms with Crippen molar-refractivity contribution < 1.29 is 19.1 Å². The van der Waals surface area contributed by atoms with Crippen molar-refractivity contribution in [1.29, 1.82) is 0 Å². The third-order valence-electron chi connectivity index (χ3n) is 4.10. The largest absolute Gasteiger partial charge is 0.493 e. The van der Waals surface area contributed by atoms with Gasteiger partial charge in [0.15, 0.2) is 23.2 Å². The van der Waals surface area contributed by atoms with Crippen LogP contribution in [0, 0.1) is 6.92 Å². The zero-order valence-corrected chi connectivity index (χ0v) is 17.5. The van der Waals surface area contributed by atoms with Crippen LogP contribution in [0.5, 0.6) is 11.5 Å². The zero-order chi connectivity index (χ0) is 20.8. The van der Waals surface area contributed by atoms with Crippen LogP contribution >= 0.6 is 22.9 Å². The van der Waals surface area contributed by atoms with Gasteiger partial charge in [0, 0.05) is 28.1 Å². The number of anilines is 1. The molecule has 1 heterocycles. The minimum Gasteiger partial charge on any atom is -0.493 e. The number of carbonyl (C=O) groups excluding carboxylic acids is 2. The Bertz CT molecular complexity index is 1040. The highest BCUT2D eigenvalue weighted by atomic mass is 35.5. The van der Waals surface area contributed by atoms with E-state index in [0.717, 1.165) is 21.0 Å². The lowest BCUT2D eigenvalue weighted by molar-refractivity contribution is -0.118. The van der Waals surface area contributed by atoms with E-state index in [1.54, 1.807) is 18.3 Å². The van der Waals surface area contributed by atoms with Crippen molar-refractivity contribution in [1.82, 2.24) is 4.98 Å². The maximum absolute atomic E-state index is 12.2. The van der Waals surface area contributed by atoms with Gasteiger partial charge in [0.2, 0.25) is 0 Å². The standard InChI is InChI=1S/C21H19ClN2O4S/c1-13-3-4-14(8-17(13)22)7-16-10-23-21(29-16)24-20(26)12-28-19-9-15(11-25)5-6-18(19)27-2/h3-6,8-11H,7,12H2,1-2H3,(H,23,24,26). The predicted octanol–water partition coefficient (Wildman–Crippen LogP) is 4.53. The smallest absolute Gasteiger partial charge is 0.264 e. The van der Waals surface area contributed by atoms with Gasteiger partial charge in [-0.15, -0.1) is 11.3 Å². The molecule has 0 fully saturated rings. The van der Waals surface area contributed by atoms with Crippen LogP contribution in [-0.2, 0) is 11.2 Å². The maximum atomic E-state index is 12.2. The molecule has 1 N–H and O–H groups in total. The molecule has 0 bridgehead atoms. The summed E-state index contributed by atoms with van der Waals surface area (Å²) in [5.74, 6) is 0.405. The molecule has 0 spiro atoms. The topological polar surface area (TPSA) is 77.5 Å². The fourth-order valence-electron chi connectivity index (χ4n) is 2.57. The molecule has 3 aromatic rings. The number of nitrogens with one attached hydrogen (secondary N) is 1. The number of thiazole rings is 1.